The highest BCUT2D eigenvalue weighted by atomic mass is 16.5. The van der Waals surface area contributed by atoms with Crippen LogP contribution in [0.15, 0.2) is 28.8 Å². The number of ether oxygens (including phenoxy) is 1. The number of aryl methyl sites for hydroxylation is 1. The first-order valence-electron chi connectivity index (χ1n) is 8.47. The number of hydrogen-bond donors (Lipinski definition) is 1. The lowest BCUT2D eigenvalue weighted by atomic mass is 10.1. The molecule has 138 valence electrons. The predicted molar refractivity (Wildman–Crippen MR) is 93.9 cm³/mol. The minimum Gasteiger partial charge on any atom is -0.497 e. The Morgan fingerprint density at radius 3 is 2.85 bits per heavy atom. The van der Waals surface area contributed by atoms with Gasteiger partial charge >= 0.3 is 0 Å². The van der Waals surface area contributed by atoms with Crippen LogP contribution in [0.3, 0.4) is 0 Å². The van der Waals surface area contributed by atoms with E-state index in [1.54, 1.807) is 11.8 Å². The quantitative estimate of drug-likeness (QED) is 0.644. The molecule has 0 saturated heterocycles. The largest absolute Gasteiger partial charge is 0.497 e. The van der Waals surface area contributed by atoms with Crippen LogP contribution < -0.4 is 10.1 Å². The molecule has 0 aliphatic carbocycles. The van der Waals surface area contributed by atoms with E-state index in [0.717, 1.165) is 11.3 Å². The molecule has 26 heavy (non-hydrogen) atoms. The molecule has 2 unspecified atom stereocenters. The third-order valence-corrected chi connectivity index (χ3v) is 4.27. The van der Waals surface area contributed by atoms with Crippen molar-refractivity contribution in [3.05, 3.63) is 47.4 Å². The Morgan fingerprint density at radius 2 is 2.15 bits per heavy atom. The maximum absolute atomic E-state index is 5.54. The number of hydrogen-bond acceptors (Lipinski definition) is 8. The van der Waals surface area contributed by atoms with Crippen LogP contribution in [0.2, 0.25) is 0 Å². The van der Waals surface area contributed by atoms with E-state index in [0.29, 0.717) is 30.4 Å². The molecule has 3 rings (SSSR count). The number of rotatable bonds is 8. The molecular formula is C17H23N7O2. The van der Waals surface area contributed by atoms with Crippen molar-refractivity contribution in [2.45, 2.75) is 38.8 Å². The fraction of sp³-hybridized carbons (Fsp3) is 0.471. The van der Waals surface area contributed by atoms with Gasteiger partial charge in [0.2, 0.25) is 0 Å². The number of nitrogens with one attached hydrogen (secondary N) is 1. The van der Waals surface area contributed by atoms with E-state index in [-0.39, 0.29) is 12.1 Å². The Kier molecular flexibility index (Phi) is 5.57. The number of methoxy groups -OCH3 is 1. The third-order valence-electron chi connectivity index (χ3n) is 4.27. The van der Waals surface area contributed by atoms with Gasteiger partial charge in [0, 0.05) is 18.9 Å². The molecule has 2 aromatic heterocycles. The minimum absolute atomic E-state index is 0.257. The highest BCUT2D eigenvalue weighted by Crippen LogP contribution is 2.24. The highest BCUT2D eigenvalue weighted by Gasteiger charge is 2.25. The fourth-order valence-electron chi connectivity index (χ4n) is 2.69. The summed E-state index contributed by atoms with van der Waals surface area (Å²) in [7, 11) is 3.55. The molecule has 1 N–H and O–H groups in total. The van der Waals surface area contributed by atoms with E-state index < -0.39 is 0 Å². The van der Waals surface area contributed by atoms with Gasteiger partial charge in [-0.1, -0.05) is 17.3 Å². The van der Waals surface area contributed by atoms with Gasteiger partial charge in [-0.3, -0.25) is 0 Å². The summed E-state index contributed by atoms with van der Waals surface area (Å²) >= 11 is 0. The Labute approximate surface area is 151 Å². The van der Waals surface area contributed by atoms with E-state index in [2.05, 4.69) is 37.9 Å². The van der Waals surface area contributed by atoms with Crippen LogP contribution in [0.25, 0.3) is 0 Å². The van der Waals surface area contributed by atoms with Crippen molar-refractivity contribution >= 4 is 0 Å². The van der Waals surface area contributed by atoms with Crippen LogP contribution in [0.5, 0.6) is 5.75 Å². The van der Waals surface area contributed by atoms with Crippen LogP contribution in [-0.2, 0) is 12.8 Å². The molecule has 9 heteroatoms. The van der Waals surface area contributed by atoms with Gasteiger partial charge in [-0.25, -0.2) is 4.68 Å². The Hall–Kier alpha value is -2.81. The van der Waals surface area contributed by atoms with Crippen LogP contribution in [0.1, 0.15) is 36.1 Å². The monoisotopic (exact) mass is 357 g/mol. The lowest BCUT2D eigenvalue weighted by Crippen LogP contribution is -2.24. The summed E-state index contributed by atoms with van der Waals surface area (Å²) in [4.78, 5) is 4.57. The summed E-state index contributed by atoms with van der Waals surface area (Å²) in [6.45, 7) is 3.91. The van der Waals surface area contributed by atoms with Gasteiger partial charge in [0.05, 0.1) is 7.11 Å². The zero-order valence-electron chi connectivity index (χ0n) is 15.4. The van der Waals surface area contributed by atoms with Gasteiger partial charge < -0.3 is 14.6 Å². The SMILES string of the molecule is CNC(C)Cc1noc(C(Cc2cccc(OC)c2)n2nnnc2C)n1. The second kappa shape index (κ2) is 8.05. The van der Waals surface area contributed by atoms with Crippen molar-refractivity contribution in [1.29, 1.82) is 0 Å². The minimum atomic E-state index is -0.289. The van der Waals surface area contributed by atoms with Crippen molar-refractivity contribution < 1.29 is 9.26 Å². The average Bonchev–Trinajstić information content (AvgIpc) is 3.29. The molecule has 1 aromatic carbocycles. The lowest BCUT2D eigenvalue weighted by Gasteiger charge is -2.14. The van der Waals surface area contributed by atoms with E-state index in [1.165, 1.54) is 0 Å². The van der Waals surface area contributed by atoms with E-state index >= 15 is 0 Å². The molecule has 2 atom stereocenters. The van der Waals surface area contributed by atoms with Crippen molar-refractivity contribution in [1.82, 2.24) is 35.7 Å². The third kappa shape index (κ3) is 4.05. The molecule has 0 fully saturated rings. The average molecular weight is 357 g/mol. The molecule has 0 amide bonds. The van der Waals surface area contributed by atoms with Gasteiger partial charge in [0.25, 0.3) is 5.89 Å². The first kappa shape index (κ1) is 18.0. The summed E-state index contributed by atoms with van der Waals surface area (Å²) in [6.07, 6.45) is 1.28. The zero-order chi connectivity index (χ0) is 18.5. The van der Waals surface area contributed by atoms with Crippen molar-refractivity contribution in [3.8, 4) is 5.75 Å². The molecule has 0 radical (unpaired) electrons. The predicted octanol–water partition coefficient (Wildman–Crippen LogP) is 1.36. The van der Waals surface area contributed by atoms with Gasteiger partial charge in [0.15, 0.2) is 5.82 Å². The molecule has 2 heterocycles. The van der Waals surface area contributed by atoms with Gasteiger partial charge in [0.1, 0.15) is 17.6 Å². The lowest BCUT2D eigenvalue weighted by molar-refractivity contribution is 0.316. The highest BCUT2D eigenvalue weighted by molar-refractivity contribution is 5.29. The summed E-state index contributed by atoms with van der Waals surface area (Å²) in [6, 6.07) is 7.83. The zero-order valence-corrected chi connectivity index (χ0v) is 15.4. The molecule has 0 bridgehead atoms. The first-order chi connectivity index (χ1) is 12.6. The number of likely N-dealkylation sites (N-methyl/N-ethyl adjacent to an activating group) is 1. The van der Waals surface area contributed by atoms with Crippen molar-refractivity contribution in [3.63, 3.8) is 0 Å². The van der Waals surface area contributed by atoms with Crippen LogP contribution in [0.4, 0.5) is 0 Å². The van der Waals surface area contributed by atoms with Gasteiger partial charge in [-0.2, -0.15) is 4.98 Å². The standard InChI is InChI=1S/C17H23N7O2/c1-11(18-3)8-16-19-17(26-21-16)15(24-12(2)20-22-23-24)10-13-6-5-7-14(9-13)25-4/h5-7,9,11,15,18H,8,10H2,1-4H3. The van der Waals surface area contributed by atoms with Crippen molar-refractivity contribution in [2.75, 3.05) is 14.2 Å². The second-order valence-electron chi connectivity index (χ2n) is 6.18. The molecule has 9 nitrogen and oxygen atoms in total. The Bertz CT molecular complexity index is 845. The fourth-order valence-corrected chi connectivity index (χ4v) is 2.69. The van der Waals surface area contributed by atoms with Crippen LogP contribution >= 0.6 is 0 Å². The topological polar surface area (TPSA) is 104 Å². The normalized spacial score (nSPS) is 13.5. The molecule has 0 aliphatic rings. The summed E-state index contributed by atoms with van der Waals surface area (Å²) in [5, 5.41) is 19.1. The van der Waals surface area contributed by atoms with Gasteiger partial charge in [-0.15, -0.1) is 5.10 Å². The van der Waals surface area contributed by atoms with Gasteiger partial charge in [-0.05, 0) is 49.0 Å². The van der Waals surface area contributed by atoms with E-state index in [9.17, 15) is 0 Å². The Balaban J connectivity index is 1.90. The van der Waals surface area contributed by atoms with Crippen LogP contribution in [-0.4, -0.2) is 50.5 Å². The smallest absolute Gasteiger partial charge is 0.251 e. The second-order valence-corrected chi connectivity index (χ2v) is 6.18. The molecule has 0 spiro atoms. The molecule has 0 saturated carbocycles. The molecule has 3 aromatic rings. The number of nitrogens with zero attached hydrogens (tertiary/aromatic N) is 6. The maximum atomic E-state index is 5.54. The molecular weight excluding hydrogens is 334 g/mol. The van der Waals surface area contributed by atoms with Crippen LogP contribution in [0, 0.1) is 6.92 Å². The Morgan fingerprint density at radius 1 is 1.31 bits per heavy atom. The van der Waals surface area contributed by atoms with E-state index in [4.69, 9.17) is 9.26 Å². The van der Waals surface area contributed by atoms with E-state index in [1.807, 2.05) is 38.2 Å². The summed E-state index contributed by atoms with van der Waals surface area (Å²) in [5.74, 6) is 2.62. The number of tetrazole rings is 1. The summed E-state index contributed by atoms with van der Waals surface area (Å²) < 4.78 is 12.6. The number of benzene rings is 1. The van der Waals surface area contributed by atoms with Crippen molar-refractivity contribution in [2.24, 2.45) is 0 Å². The summed E-state index contributed by atoms with van der Waals surface area (Å²) in [5.41, 5.74) is 1.06. The maximum Gasteiger partial charge on any atom is 0.251 e. The number of aromatic nitrogens is 6. The first-order valence-corrected chi connectivity index (χ1v) is 8.47. The molecule has 0 aliphatic heterocycles.